The maximum Gasteiger partial charge on any atom is 0.261 e. The van der Waals surface area contributed by atoms with E-state index in [1.165, 1.54) is 6.20 Å². The number of fused-ring (bicyclic) bond motifs is 2. The number of pyridine rings is 1. The van der Waals surface area contributed by atoms with Crippen molar-refractivity contribution in [3.63, 3.8) is 0 Å². The molecule has 24 heavy (non-hydrogen) atoms. The summed E-state index contributed by atoms with van der Waals surface area (Å²) in [5.74, 6) is 0. The van der Waals surface area contributed by atoms with Crippen molar-refractivity contribution in [2.75, 3.05) is 4.72 Å². The minimum atomic E-state index is -3.66. The molecule has 0 amide bonds. The van der Waals surface area contributed by atoms with Gasteiger partial charge in [0.15, 0.2) is 0 Å². The van der Waals surface area contributed by atoms with Gasteiger partial charge in [-0.1, -0.05) is 48.5 Å². The van der Waals surface area contributed by atoms with E-state index in [1.807, 2.05) is 54.6 Å². The number of nitrogens with one attached hydrogen (secondary N) is 1. The van der Waals surface area contributed by atoms with Gasteiger partial charge in [-0.2, -0.15) is 0 Å². The Bertz CT molecular complexity index is 1150. The molecule has 1 aromatic heterocycles. The number of aromatic nitrogens is 1. The van der Waals surface area contributed by atoms with Gasteiger partial charge >= 0.3 is 0 Å². The normalized spacial score (nSPS) is 11.7. The average Bonchev–Trinajstić information content (AvgIpc) is 2.61. The largest absolute Gasteiger partial charge is 0.278 e. The van der Waals surface area contributed by atoms with Crippen molar-refractivity contribution in [3.05, 3.63) is 79.0 Å². The highest BCUT2D eigenvalue weighted by Gasteiger charge is 2.15. The molecule has 0 bridgehead atoms. The number of hydrogen-bond donors (Lipinski definition) is 1. The van der Waals surface area contributed by atoms with Crippen LogP contribution in [-0.4, -0.2) is 13.4 Å². The molecule has 4 rings (SSSR count). The Hall–Kier alpha value is -2.92. The smallest absolute Gasteiger partial charge is 0.261 e. The van der Waals surface area contributed by atoms with Crippen LogP contribution in [0.25, 0.3) is 21.7 Å². The van der Waals surface area contributed by atoms with Gasteiger partial charge in [0.1, 0.15) is 0 Å². The molecule has 4 nitrogen and oxygen atoms in total. The number of benzene rings is 3. The van der Waals surface area contributed by atoms with E-state index in [4.69, 9.17) is 0 Å². The molecule has 0 saturated carbocycles. The van der Waals surface area contributed by atoms with Gasteiger partial charge in [-0.3, -0.25) is 9.71 Å². The molecule has 1 heterocycles. The molecule has 0 radical (unpaired) electrons. The first-order valence-corrected chi connectivity index (χ1v) is 8.97. The molecule has 0 aliphatic heterocycles. The van der Waals surface area contributed by atoms with Crippen LogP contribution in [0.15, 0.2) is 83.9 Å². The summed E-state index contributed by atoms with van der Waals surface area (Å²) in [4.78, 5) is 4.51. The van der Waals surface area contributed by atoms with E-state index in [0.29, 0.717) is 5.69 Å². The van der Waals surface area contributed by atoms with Crippen molar-refractivity contribution in [2.24, 2.45) is 0 Å². The molecule has 0 aliphatic carbocycles. The Morgan fingerprint density at radius 3 is 2.29 bits per heavy atom. The fourth-order valence-electron chi connectivity index (χ4n) is 2.68. The summed E-state index contributed by atoms with van der Waals surface area (Å²) in [6.45, 7) is 0. The number of rotatable bonds is 3. The lowest BCUT2D eigenvalue weighted by Crippen LogP contribution is -2.13. The predicted octanol–water partition coefficient (Wildman–Crippen LogP) is 4.19. The van der Waals surface area contributed by atoms with Gasteiger partial charge in [0.05, 0.1) is 22.3 Å². The van der Waals surface area contributed by atoms with Crippen LogP contribution in [0.1, 0.15) is 0 Å². The molecule has 0 aliphatic rings. The van der Waals surface area contributed by atoms with Crippen molar-refractivity contribution in [2.45, 2.75) is 4.90 Å². The number of anilines is 1. The third kappa shape index (κ3) is 2.70. The zero-order valence-corrected chi connectivity index (χ0v) is 13.5. The summed E-state index contributed by atoms with van der Waals surface area (Å²) >= 11 is 0. The van der Waals surface area contributed by atoms with Gasteiger partial charge in [-0.15, -0.1) is 0 Å². The Kier molecular flexibility index (Phi) is 3.43. The Morgan fingerprint density at radius 2 is 1.46 bits per heavy atom. The highest BCUT2D eigenvalue weighted by Crippen LogP contribution is 2.22. The number of para-hydroxylation sites is 1. The fourth-order valence-corrected chi connectivity index (χ4v) is 3.74. The lowest BCUT2D eigenvalue weighted by molar-refractivity contribution is 0.601. The Labute approximate surface area is 139 Å². The fraction of sp³-hybridized carbons (Fsp3) is 0. The lowest BCUT2D eigenvalue weighted by Gasteiger charge is -2.09. The molecule has 0 atom stereocenters. The summed E-state index contributed by atoms with van der Waals surface area (Å²) in [6, 6.07) is 22.1. The molecule has 5 heteroatoms. The second-order valence-corrected chi connectivity index (χ2v) is 7.21. The monoisotopic (exact) mass is 334 g/mol. The maximum atomic E-state index is 12.6. The summed E-state index contributed by atoms with van der Waals surface area (Å²) in [6.07, 6.45) is 1.53. The van der Waals surface area contributed by atoms with Crippen LogP contribution in [-0.2, 0) is 10.0 Å². The van der Waals surface area contributed by atoms with Crippen LogP contribution in [0.4, 0.5) is 5.69 Å². The SMILES string of the molecule is O=S(=O)(Nc1cnc2ccccc2c1)c1ccc2ccccc2c1. The van der Waals surface area contributed by atoms with E-state index in [1.54, 1.807) is 18.2 Å². The van der Waals surface area contributed by atoms with E-state index in [-0.39, 0.29) is 4.90 Å². The van der Waals surface area contributed by atoms with Crippen LogP contribution in [0.3, 0.4) is 0 Å². The summed E-state index contributed by atoms with van der Waals surface area (Å²) in [7, 11) is -3.66. The second-order valence-electron chi connectivity index (χ2n) is 5.53. The summed E-state index contributed by atoms with van der Waals surface area (Å²) < 4.78 is 27.9. The lowest BCUT2D eigenvalue weighted by atomic mass is 10.1. The second kappa shape index (κ2) is 5.62. The Morgan fingerprint density at radius 1 is 0.750 bits per heavy atom. The molecular formula is C19H14N2O2S. The molecule has 0 fully saturated rings. The third-order valence-electron chi connectivity index (χ3n) is 3.87. The van der Waals surface area contributed by atoms with Crippen molar-refractivity contribution in [1.29, 1.82) is 0 Å². The summed E-state index contributed by atoms with van der Waals surface area (Å²) in [5, 5.41) is 2.78. The standard InChI is InChI=1S/C19H14N2O2S/c22-24(23,18-10-9-14-5-1-2-6-15(14)12-18)21-17-11-16-7-3-4-8-19(16)20-13-17/h1-13,21H. The van der Waals surface area contributed by atoms with Crippen LogP contribution in [0, 0.1) is 0 Å². The van der Waals surface area contributed by atoms with E-state index in [2.05, 4.69) is 9.71 Å². The minimum Gasteiger partial charge on any atom is -0.278 e. The van der Waals surface area contributed by atoms with Crippen molar-refractivity contribution >= 4 is 37.4 Å². The first-order valence-electron chi connectivity index (χ1n) is 7.48. The zero-order valence-electron chi connectivity index (χ0n) is 12.7. The number of nitrogens with zero attached hydrogens (tertiary/aromatic N) is 1. The topological polar surface area (TPSA) is 59.1 Å². The van der Waals surface area contributed by atoms with E-state index in [9.17, 15) is 8.42 Å². The quantitative estimate of drug-likeness (QED) is 0.611. The van der Waals surface area contributed by atoms with Crippen LogP contribution >= 0.6 is 0 Å². The molecule has 1 N–H and O–H groups in total. The number of hydrogen-bond acceptors (Lipinski definition) is 3. The van der Waals surface area contributed by atoms with Gasteiger partial charge in [0.25, 0.3) is 10.0 Å². The van der Waals surface area contributed by atoms with Crippen LogP contribution < -0.4 is 4.72 Å². The third-order valence-corrected chi connectivity index (χ3v) is 5.25. The van der Waals surface area contributed by atoms with E-state index in [0.717, 1.165) is 21.7 Å². The van der Waals surface area contributed by atoms with Crippen molar-refractivity contribution in [1.82, 2.24) is 4.98 Å². The highest BCUT2D eigenvalue weighted by molar-refractivity contribution is 7.92. The van der Waals surface area contributed by atoms with Gasteiger partial charge in [0.2, 0.25) is 0 Å². The van der Waals surface area contributed by atoms with Gasteiger partial charge in [-0.25, -0.2) is 8.42 Å². The molecular weight excluding hydrogens is 320 g/mol. The molecule has 0 spiro atoms. The van der Waals surface area contributed by atoms with E-state index >= 15 is 0 Å². The van der Waals surface area contributed by atoms with E-state index < -0.39 is 10.0 Å². The van der Waals surface area contributed by atoms with Crippen molar-refractivity contribution in [3.8, 4) is 0 Å². The van der Waals surface area contributed by atoms with Crippen LogP contribution in [0.2, 0.25) is 0 Å². The van der Waals surface area contributed by atoms with Gasteiger partial charge < -0.3 is 0 Å². The Balaban J connectivity index is 1.72. The average molecular weight is 334 g/mol. The molecule has 3 aromatic carbocycles. The first-order chi connectivity index (χ1) is 11.6. The summed E-state index contributed by atoms with van der Waals surface area (Å²) in [5.41, 5.74) is 1.27. The van der Waals surface area contributed by atoms with Crippen LogP contribution in [0.5, 0.6) is 0 Å². The molecule has 0 saturated heterocycles. The minimum absolute atomic E-state index is 0.231. The maximum absolute atomic E-state index is 12.6. The molecule has 0 unspecified atom stereocenters. The number of sulfonamides is 1. The first kappa shape index (κ1) is 14.7. The zero-order chi connectivity index (χ0) is 16.6. The molecule has 118 valence electrons. The van der Waals surface area contributed by atoms with Gasteiger partial charge in [-0.05, 0) is 35.0 Å². The van der Waals surface area contributed by atoms with Crippen molar-refractivity contribution < 1.29 is 8.42 Å². The van der Waals surface area contributed by atoms with Gasteiger partial charge in [0, 0.05) is 5.39 Å². The highest BCUT2D eigenvalue weighted by atomic mass is 32.2. The molecule has 4 aromatic rings. The predicted molar refractivity (Wildman–Crippen MR) is 96.5 cm³/mol.